The maximum absolute atomic E-state index is 13.2. The van der Waals surface area contributed by atoms with Gasteiger partial charge in [-0.1, -0.05) is 38.1 Å². The van der Waals surface area contributed by atoms with Gasteiger partial charge in [-0.25, -0.2) is 4.98 Å². The number of aryl methyl sites for hydroxylation is 2. The van der Waals surface area contributed by atoms with E-state index < -0.39 is 17.7 Å². The summed E-state index contributed by atoms with van der Waals surface area (Å²) in [4.78, 5) is 33.3. The number of Topliss-reactive ketones (excluding diaryl/α,β-unsaturated/α-hetero) is 1. The molecule has 3 aromatic rings. The summed E-state index contributed by atoms with van der Waals surface area (Å²) in [6.45, 7) is 8.00. The molecule has 1 atom stereocenters. The second kappa shape index (κ2) is 8.83. The minimum atomic E-state index is -0.779. The molecule has 0 saturated carbocycles. The molecule has 1 fully saturated rings. The summed E-state index contributed by atoms with van der Waals surface area (Å²) in [5.41, 5.74) is 3.17. The van der Waals surface area contributed by atoms with Gasteiger partial charge in [0.25, 0.3) is 5.78 Å². The Morgan fingerprint density at radius 3 is 2.21 bits per heavy atom. The van der Waals surface area contributed by atoms with Crippen LogP contribution >= 0.6 is 11.3 Å². The molecular formula is C26H26N2O4S. The number of methoxy groups -OCH3 is 1. The van der Waals surface area contributed by atoms with Gasteiger partial charge in [0.15, 0.2) is 5.13 Å². The Balaban J connectivity index is 1.91. The van der Waals surface area contributed by atoms with Crippen LogP contribution in [-0.2, 0) is 9.59 Å². The fourth-order valence-electron chi connectivity index (χ4n) is 3.87. The molecule has 1 amide bonds. The fourth-order valence-corrected chi connectivity index (χ4v) is 4.81. The van der Waals surface area contributed by atoms with E-state index in [1.54, 1.807) is 31.4 Å². The molecule has 0 bridgehead atoms. The Labute approximate surface area is 197 Å². The predicted octanol–water partition coefficient (Wildman–Crippen LogP) is 5.52. The molecule has 0 spiro atoms. The van der Waals surface area contributed by atoms with Crippen molar-refractivity contribution in [1.29, 1.82) is 0 Å². The maximum atomic E-state index is 13.2. The summed E-state index contributed by atoms with van der Waals surface area (Å²) in [5.74, 6) is -0.680. The number of nitrogens with zero attached hydrogens (tertiary/aromatic N) is 2. The van der Waals surface area contributed by atoms with Crippen molar-refractivity contribution in [2.24, 2.45) is 0 Å². The van der Waals surface area contributed by atoms with Gasteiger partial charge in [0.05, 0.1) is 24.4 Å². The lowest BCUT2D eigenvalue weighted by molar-refractivity contribution is -0.132. The molecule has 1 N–H and O–H groups in total. The third kappa shape index (κ3) is 4.04. The first-order valence-corrected chi connectivity index (χ1v) is 11.5. The van der Waals surface area contributed by atoms with E-state index in [9.17, 15) is 14.7 Å². The highest BCUT2D eigenvalue weighted by Gasteiger charge is 2.48. The highest BCUT2D eigenvalue weighted by molar-refractivity contribution is 7.16. The van der Waals surface area contributed by atoms with Gasteiger partial charge >= 0.3 is 5.91 Å². The van der Waals surface area contributed by atoms with E-state index in [0.717, 1.165) is 21.7 Å². The first-order chi connectivity index (χ1) is 15.7. The van der Waals surface area contributed by atoms with E-state index >= 15 is 0 Å². The van der Waals surface area contributed by atoms with E-state index in [-0.39, 0.29) is 11.3 Å². The van der Waals surface area contributed by atoms with Gasteiger partial charge < -0.3 is 9.84 Å². The summed E-state index contributed by atoms with van der Waals surface area (Å²) >= 11 is 1.36. The SMILES string of the molecule is COc1ccc(/C(O)=C2\C(=O)C(=O)N(c3nc(C)c(C)s3)C2c2ccc(C(C)C)cc2)cc1. The summed E-state index contributed by atoms with van der Waals surface area (Å²) in [6, 6.07) is 13.8. The maximum Gasteiger partial charge on any atom is 0.301 e. The zero-order chi connectivity index (χ0) is 23.9. The first-order valence-electron chi connectivity index (χ1n) is 10.7. The van der Waals surface area contributed by atoms with Gasteiger partial charge in [-0.05, 0) is 55.2 Å². The Morgan fingerprint density at radius 2 is 1.70 bits per heavy atom. The van der Waals surface area contributed by atoms with E-state index in [4.69, 9.17) is 4.74 Å². The lowest BCUT2D eigenvalue weighted by Gasteiger charge is -2.23. The molecule has 7 heteroatoms. The molecule has 1 saturated heterocycles. The van der Waals surface area contributed by atoms with Gasteiger partial charge in [0.2, 0.25) is 0 Å². The third-order valence-electron chi connectivity index (χ3n) is 5.95. The number of hydrogen-bond donors (Lipinski definition) is 1. The van der Waals surface area contributed by atoms with Crippen LogP contribution < -0.4 is 9.64 Å². The lowest BCUT2D eigenvalue weighted by Crippen LogP contribution is -2.29. The number of carbonyl (C=O) groups is 2. The number of thiazole rings is 1. The van der Waals surface area contributed by atoms with Crippen molar-refractivity contribution in [3.8, 4) is 5.75 Å². The van der Waals surface area contributed by atoms with Crippen LogP contribution in [0.4, 0.5) is 5.13 Å². The molecular weight excluding hydrogens is 436 g/mol. The highest BCUT2D eigenvalue weighted by Crippen LogP contribution is 2.44. The normalized spacial score (nSPS) is 17.8. The first kappa shape index (κ1) is 22.7. The summed E-state index contributed by atoms with van der Waals surface area (Å²) in [7, 11) is 1.55. The molecule has 4 rings (SSSR count). The van der Waals surface area contributed by atoms with Crippen molar-refractivity contribution >= 4 is 33.9 Å². The van der Waals surface area contributed by atoms with E-state index in [1.165, 1.54) is 16.2 Å². The zero-order valence-corrected chi connectivity index (χ0v) is 20.1. The number of aliphatic hydroxyl groups excluding tert-OH is 1. The molecule has 1 aliphatic rings. The van der Waals surface area contributed by atoms with Crippen molar-refractivity contribution in [2.75, 3.05) is 12.0 Å². The number of rotatable bonds is 5. The highest BCUT2D eigenvalue weighted by atomic mass is 32.1. The number of ether oxygens (including phenoxy) is 1. The van der Waals surface area contributed by atoms with E-state index in [1.807, 2.05) is 38.1 Å². The number of amides is 1. The van der Waals surface area contributed by atoms with Gasteiger partial charge in [-0.2, -0.15) is 0 Å². The van der Waals surface area contributed by atoms with Gasteiger partial charge in [-0.3, -0.25) is 14.5 Å². The molecule has 1 unspecified atom stereocenters. The molecule has 1 aromatic heterocycles. The average Bonchev–Trinajstić information content (AvgIpc) is 3.28. The molecule has 6 nitrogen and oxygen atoms in total. The van der Waals surface area contributed by atoms with Gasteiger partial charge in [0, 0.05) is 10.4 Å². The van der Waals surface area contributed by atoms with Crippen molar-refractivity contribution in [1.82, 2.24) is 4.98 Å². The monoisotopic (exact) mass is 462 g/mol. The quantitative estimate of drug-likeness (QED) is 0.307. The largest absolute Gasteiger partial charge is 0.507 e. The van der Waals surface area contributed by atoms with Crippen molar-refractivity contribution in [2.45, 2.75) is 39.7 Å². The Morgan fingerprint density at radius 1 is 1.06 bits per heavy atom. The summed E-state index contributed by atoms with van der Waals surface area (Å²) in [6.07, 6.45) is 0. The van der Waals surface area contributed by atoms with Crippen LogP contribution in [-0.4, -0.2) is 28.9 Å². The standard InChI is InChI=1S/C26H26N2O4S/c1-14(2)17-6-8-18(9-7-17)22-21(23(29)19-10-12-20(32-5)13-11-19)24(30)25(31)28(22)26-27-15(3)16(4)33-26/h6-14,22,29H,1-5H3/b23-21+. The molecule has 170 valence electrons. The molecule has 2 heterocycles. The van der Waals surface area contributed by atoms with Crippen LogP contribution in [0, 0.1) is 13.8 Å². The lowest BCUT2D eigenvalue weighted by atomic mass is 9.93. The molecule has 0 aliphatic carbocycles. The number of benzene rings is 2. The predicted molar refractivity (Wildman–Crippen MR) is 130 cm³/mol. The number of carbonyl (C=O) groups excluding carboxylic acids is 2. The van der Waals surface area contributed by atoms with Crippen LogP contribution in [0.2, 0.25) is 0 Å². The number of anilines is 1. The van der Waals surface area contributed by atoms with Crippen molar-refractivity contribution in [3.05, 3.63) is 81.4 Å². The smallest absolute Gasteiger partial charge is 0.301 e. The Bertz CT molecular complexity index is 1220. The molecule has 33 heavy (non-hydrogen) atoms. The number of ketones is 1. The van der Waals surface area contributed by atoms with Gasteiger partial charge in [-0.15, -0.1) is 11.3 Å². The van der Waals surface area contributed by atoms with Crippen LogP contribution in [0.15, 0.2) is 54.1 Å². The second-order valence-electron chi connectivity index (χ2n) is 8.36. The topological polar surface area (TPSA) is 79.7 Å². The number of hydrogen-bond acceptors (Lipinski definition) is 6. The zero-order valence-electron chi connectivity index (χ0n) is 19.2. The molecule has 0 radical (unpaired) electrons. The van der Waals surface area contributed by atoms with E-state index in [0.29, 0.717) is 22.4 Å². The van der Waals surface area contributed by atoms with Crippen molar-refractivity contribution in [3.63, 3.8) is 0 Å². The van der Waals surface area contributed by atoms with Crippen LogP contribution in [0.3, 0.4) is 0 Å². The minimum absolute atomic E-state index is 0.0490. The Hall–Kier alpha value is -3.45. The summed E-state index contributed by atoms with van der Waals surface area (Å²) < 4.78 is 5.19. The average molecular weight is 463 g/mol. The molecule has 2 aromatic carbocycles. The van der Waals surface area contributed by atoms with Crippen LogP contribution in [0.5, 0.6) is 5.75 Å². The number of aliphatic hydroxyl groups is 1. The molecule has 1 aliphatic heterocycles. The third-order valence-corrected chi connectivity index (χ3v) is 7.02. The second-order valence-corrected chi connectivity index (χ2v) is 9.54. The van der Waals surface area contributed by atoms with E-state index in [2.05, 4.69) is 18.8 Å². The van der Waals surface area contributed by atoms with Crippen molar-refractivity contribution < 1.29 is 19.4 Å². The fraction of sp³-hybridized carbons (Fsp3) is 0.269. The van der Waals surface area contributed by atoms with Crippen LogP contribution in [0.25, 0.3) is 5.76 Å². The van der Waals surface area contributed by atoms with Crippen LogP contribution in [0.1, 0.15) is 53.1 Å². The number of aromatic nitrogens is 1. The minimum Gasteiger partial charge on any atom is -0.507 e. The van der Waals surface area contributed by atoms with Gasteiger partial charge in [0.1, 0.15) is 11.5 Å². The Kier molecular flexibility index (Phi) is 6.08. The summed E-state index contributed by atoms with van der Waals surface area (Å²) in [5, 5.41) is 11.6.